The highest BCUT2D eigenvalue weighted by Crippen LogP contribution is 2.22. The summed E-state index contributed by atoms with van der Waals surface area (Å²) in [6.45, 7) is 6.15. The standard InChI is InChI=1S/C9H18N4S/c1-9(2,4-3-5-10)6-11-8-12-7-13-14-8/h7H,3-6,10H2,1-2H3,(H,11,12,13). The molecule has 5 heteroatoms. The van der Waals surface area contributed by atoms with Gasteiger partial charge in [-0.3, -0.25) is 0 Å². The smallest absolute Gasteiger partial charge is 0.202 e. The lowest BCUT2D eigenvalue weighted by molar-refractivity contribution is 0.350. The molecule has 1 aromatic rings. The molecule has 0 saturated heterocycles. The lowest BCUT2D eigenvalue weighted by Gasteiger charge is -2.24. The van der Waals surface area contributed by atoms with E-state index in [1.165, 1.54) is 11.5 Å². The molecule has 1 heterocycles. The average molecular weight is 214 g/mol. The van der Waals surface area contributed by atoms with Gasteiger partial charge in [0, 0.05) is 18.1 Å². The summed E-state index contributed by atoms with van der Waals surface area (Å²) in [6.07, 6.45) is 3.78. The number of hydrogen-bond donors (Lipinski definition) is 2. The number of aromatic nitrogens is 2. The van der Waals surface area contributed by atoms with Crippen LogP contribution in [0.5, 0.6) is 0 Å². The lowest BCUT2D eigenvalue weighted by atomic mass is 9.88. The molecule has 0 bridgehead atoms. The van der Waals surface area contributed by atoms with E-state index < -0.39 is 0 Å². The molecule has 1 rings (SSSR count). The second kappa shape index (κ2) is 5.26. The van der Waals surface area contributed by atoms with Crippen LogP contribution in [0.2, 0.25) is 0 Å². The van der Waals surface area contributed by atoms with E-state index in [2.05, 4.69) is 28.5 Å². The van der Waals surface area contributed by atoms with Crippen LogP contribution in [0.25, 0.3) is 0 Å². The summed E-state index contributed by atoms with van der Waals surface area (Å²) in [6, 6.07) is 0. The Hall–Kier alpha value is -0.680. The van der Waals surface area contributed by atoms with Gasteiger partial charge >= 0.3 is 0 Å². The zero-order valence-corrected chi connectivity index (χ0v) is 9.60. The van der Waals surface area contributed by atoms with Crippen molar-refractivity contribution in [3.05, 3.63) is 6.33 Å². The highest BCUT2D eigenvalue weighted by Gasteiger charge is 2.17. The molecule has 0 aliphatic heterocycles. The molecule has 4 nitrogen and oxygen atoms in total. The molecule has 0 saturated carbocycles. The maximum Gasteiger partial charge on any atom is 0.202 e. The predicted molar refractivity (Wildman–Crippen MR) is 60.5 cm³/mol. The van der Waals surface area contributed by atoms with Gasteiger partial charge in [0.1, 0.15) is 6.33 Å². The van der Waals surface area contributed by atoms with Crippen LogP contribution in [-0.4, -0.2) is 22.4 Å². The summed E-state index contributed by atoms with van der Waals surface area (Å²) >= 11 is 1.39. The monoisotopic (exact) mass is 214 g/mol. The largest absolute Gasteiger partial charge is 0.360 e. The summed E-state index contributed by atoms with van der Waals surface area (Å²) < 4.78 is 3.93. The zero-order chi connectivity index (χ0) is 10.4. The fraction of sp³-hybridized carbons (Fsp3) is 0.778. The van der Waals surface area contributed by atoms with Gasteiger partial charge in [0.15, 0.2) is 0 Å². The Labute approximate surface area is 89.1 Å². The summed E-state index contributed by atoms with van der Waals surface area (Å²) in [5.41, 5.74) is 5.75. The number of hydrogen-bond acceptors (Lipinski definition) is 5. The maximum absolute atomic E-state index is 5.49. The van der Waals surface area contributed by atoms with Crippen molar-refractivity contribution in [1.29, 1.82) is 0 Å². The van der Waals surface area contributed by atoms with Crippen molar-refractivity contribution in [2.45, 2.75) is 26.7 Å². The van der Waals surface area contributed by atoms with E-state index >= 15 is 0 Å². The van der Waals surface area contributed by atoms with Crippen LogP contribution >= 0.6 is 11.5 Å². The molecule has 80 valence electrons. The van der Waals surface area contributed by atoms with Crippen molar-refractivity contribution in [2.24, 2.45) is 11.1 Å². The molecule has 0 fully saturated rings. The van der Waals surface area contributed by atoms with Crippen LogP contribution in [0, 0.1) is 5.41 Å². The van der Waals surface area contributed by atoms with E-state index in [1.807, 2.05) is 0 Å². The van der Waals surface area contributed by atoms with Gasteiger partial charge in [0.25, 0.3) is 0 Å². The second-order valence-corrected chi connectivity index (χ2v) is 4.94. The van der Waals surface area contributed by atoms with Gasteiger partial charge < -0.3 is 11.1 Å². The van der Waals surface area contributed by atoms with Crippen LogP contribution in [0.1, 0.15) is 26.7 Å². The highest BCUT2D eigenvalue weighted by atomic mass is 32.1. The summed E-state index contributed by atoms with van der Waals surface area (Å²) in [5.74, 6) is 0. The Morgan fingerprint density at radius 2 is 2.36 bits per heavy atom. The number of nitrogens with two attached hydrogens (primary N) is 1. The van der Waals surface area contributed by atoms with Crippen molar-refractivity contribution in [3.8, 4) is 0 Å². The van der Waals surface area contributed by atoms with Crippen LogP contribution in [0.4, 0.5) is 5.13 Å². The van der Waals surface area contributed by atoms with Crippen LogP contribution in [0.15, 0.2) is 6.33 Å². The van der Waals surface area contributed by atoms with Gasteiger partial charge in [-0.2, -0.15) is 4.37 Å². The van der Waals surface area contributed by atoms with Crippen molar-refractivity contribution < 1.29 is 0 Å². The molecule has 0 unspecified atom stereocenters. The number of nitrogens with zero attached hydrogens (tertiary/aromatic N) is 2. The highest BCUT2D eigenvalue weighted by molar-refractivity contribution is 7.09. The Morgan fingerprint density at radius 3 is 2.93 bits per heavy atom. The Morgan fingerprint density at radius 1 is 1.57 bits per heavy atom. The molecule has 0 radical (unpaired) electrons. The molecule has 0 aliphatic carbocycles. The van der Waals surface area contributed by atoms with Crippen LogP contribution in [-0.2, 0) is 0 Å². The van der Waals surface area contributed by atoms with Gasteiger partial charge in [0.05, 0.1) is 0 Å². The first-order chi connectivity index (χ1) is 6.64. The number of rotatable bonds is 6. The third-order valence-electron chi connectivity index (χ3n) is 2.14. The molecule has 3 N–H and O–H groups in total. The molecule has 0 atom stereocenters. The van der Waals surface area contributed by atoms with Crippen molar-refractivity contribution in [2.75, 3.05) is 18.4 Å². The van der Waals surface area contributed by atoms with Gasteiger partial charge in [-0.15, -0.1) is 0 Å². The predicted octanol–water partition coefficient (Wildman–Crippen LogP) is 1.72. The number of anilines is 1. The molecular weight excluding hydrogens is 196 g/mol. The molecule has 0 spiro atoms. The minimum atomic E-state index is 0.269. The first kappa shape index (κ1) is 11.4. The maximum atomic E-state index is 5.49. The quantitative estimate of drug-likeness (QED) is 0.756. The van der Waals surface area contributed by atoms with Crippen molar-refractivity contribution in [1.82, 2.24) is 9.36 Å². The topological polar surface area (TPSA) is 63.8 Å². The minimum Gasteiger partial charge on any atom is -0.360 e. The molecule has 0 aliphatic rings. The Bertz CT molecular complexity index is 245. The van der Waals surface area contributed by atoms with Crippen molar-refractivity contribution in [3.63, 3.8) is 0 Å². The first-order valence-electron chi connectivity index (χ1n) is 4.85. The van der Waals surface area contributed by atoms with E-state index in [4.69, 9.17) is 5.73 Å². The first-order valence-corrected chi connectivity index (χ1v) is 5.62. The van der Waals surface area contributed by atoms with E-state index in [-0.39, 0.29) is 5.41 Å². The van der Waals surface area contributed by atoms with E-state index in [9.17, 15) is 0 Å². The third-order valence-corrected chi connectivity index (χ3v) is 2.76. The fourth-order valence-electron chi connectivity index (χ4n) is 1.23. The van der Waals surface area contributed by atoms with Crippen LogP contribution in [0.3, 0.4) is 0 Å². The lowest BCUT2D eigenvalue weighted by Crippen LogP contribution is -2.23. The molecule has 14 heavy (non-hydrogen) atoms. The van der Waals surface area contributed by atoms with E-state index in [0.29, 0.717) is 0 Å². The fourth-order valence-corrected chi connectivity index (χ4v) is 1.66. The molecule has 0 aromatic carbocycles. The van der Waals surface area contributed by atoms with E-state index in [1.54, 1.807) is 6.33 Å². The van der Waals surface area contributed by atoms with Gasteiger partial charge in [-0.1, -0.05) is 13.8 Å². The van der Waals surface area contributed by atoms with Gasteiger partial charge in [-0.25, -0.2) is 4.98 Å². The average Bonchev–Trinajstić information content (AvgIpc) is 2.64. The molecular formula is C9H18N4S. The molecule has 1 aromatic heterocycles. The molecule has 0 amide bonds. The van der Waals surface area contributed by atoms with Crippen molar-refractivity contribution >= 4 is 16.7 Å². The SMILES string of the molecule is CC(C)(CCCN)CNc1ncns1. The second-order valence-electron chi connectivity index (χ2n) is 4.16. The zero-order valence-electron chi connectivity index (χ0n) is 8.79. The summed E-state index contributed by atoms with van der Waals surface area (Å²) in [7, 11) is 0. The minimum absolute atomic E-state index is 0.269. The van der Waals surface area contributed by atoms with Crippen LogP contribution < -0.4 is 11.1 Å². The van der Waals surface area contributed by atoms with Gasteiger partial charge in [-0.05, 0) is 24.8 Å². The Balaban J connectivity index is 2.28. The number of nitrogens with one attached hydrogen (secondary N) is 1. The Kier molecular flexibility index (Phi) is 4.28. The summed E-state index contributed by atoms with van der Waals surface area (Å²) in [4.78, 5) is 4.07. The van der Waals surface area contributed by atoms with Gasteiger partial charge in [0.2, 0.25) is 5.13 Å². The third kappa shape index (κ3) is 4.02. The summed E-state index contributed by atoms with van der Waals surface area (Å²) in [5, 5.41) is 4.17. The van der Waals surface area contributed by atoms with E-state index in [0.717, 1.165) is 31.1 Å². The normalized spacial score (nSPS) is 11.6.